The van der Waals surface area contributed by atoms with Gasteiger partial charge in [-0.3, -0.25) is 0 Å². The Bertz CT molecular complexity index is 544. The van der Waals surface area contributed by atoms with Crippen LogP contribution in [0, 0.1) is 6.92 Å². The molecule has 0 aliphatic rings. The summed E-state index contributed by atoms with van der Waals surface area (Å²) in [6, 6.07) is 15.8. The summed E-state index contributed by atoms with van der Waals surface area (Å²) in [6.45, 7) is 4.16. The second-order valence-electron chi connectivity index (χ2n) is 4.06. The third kappa shape index (κ3) is 2.43. The summed E-state index contributed by atoms with van der Waals surface area (Å²) < 4.78 is 5.06. The van der Waals surface area contributed by atoms with Crippen molar-refractivity contribution in [2.75, 3.05) is 6.61 Å². The molecule has 2 nitrogen and oxygen atoms in total. The number of hydrogen-bond donors (Lipinski definition) is 0. The predicted octanol–water partition coefficient (Wildman–Crippen LogP) is 3.84. The molecule has 0 saturated heterocycles. The van der Waals surface area contributed by atoms with Crippen LogP contribution in [0.5, 0.6) is 0 Å². The highest BCUT2D eigenvalue weighted by Gasteiger charge is 2.12. The number of ether oxygens (including phenoxy) is 1. The van der Waals surface area contributed by atoms with Crippen molar-refractivity contribution in [3.8, 4) is 11.1 Å². The molecule has 2 aromatic carbocycles. The first-order chi connectivity index (χ1) is 8.74. The lowest BCUT2D eigenvalue weighted by atomic mass is 9.96. The normalized spacial score (nSPS) is 10.1. The Kier molecular flexibility index (Phi) is 3.78. The Morgan fingerprint density at radius 2 is 1.78 bits per heavy atom. The van der Waals surface area contributed by atoms with E-state index in [1.165, 1.54) is 0 Å². The van der Waals surface area contributed by atoms with Gasteiger partial charge in [0, 0.05) is 0 Å². The van der Waals surface area contributed by atoms with E-state index in [0.29, 0.717) is 12.2 Å². The van der Waals surface area contributed by atoms with Gasteiger partial charge in [-0.25, -0.2) is 4.79 Å². The van der Waals surface area contributed by atoms with Gasteiger partial charge in [0.05, 0.1) is 12.2 Å². The molecule has 0 aliphatic heterocycles. The Hall–Kier alpha value is -2.09. The Morgan fingerprint density at radius 1 is 1.06 bits per heavy atom. The molecule has 2 rings (SSSR count). The number of carbonyl (C=O) groups excluding carboxylic acids is 1. The minimum atomic E-state index is -0.257. The number of carbonyl (C=O) groups is 1. The molecule has 0 amide bonds. The zero-order chi connectivity index (χ0) is 13.0. The van der Waals surface area contributed by atoms with E-state index in [2.05, 4.69) is 0 Å². The van der Waals surface area contributed by atoms with Gasteiger partial charge in [0.25, 0.3) is 0 Å². The Morgan fingerprint density at radius 3 is 2.44 bits per heavy atom. The molecule has 0 aliphatic carbocycles. The van der Waals surface area contributed by atoms with Crippen molar-refractivity contribution in [3.63, 3.8) is 0 Å². The van der Waals surface area contributed by atoms with Crippen LogP contribution in [0.3, 0.4) is 0 Å². The Labute approximate surface area is 107 Å². The molecule has 0 saturated carbocycles. The zero-order valence-corrected chi connectivity index (χ0v) is 10.6. The molecule has 18 heavy (non-hydrogen) atoms. The zero-order valence-electron chi connectivity index (χ0n) is 10.6. The Balaban J connectivity index is 2.46. The van der Waals surface area contributed by atoms with Crippen LogP contribution in [0.1, 0.15) is 22.8 Å². The van der Waals surface area contributed by atoms with Crippen molar-refractivity contribution in [2.24, 2.45) is 0 Å². The van der Waals surface area contributed by atoms with Crippen molar-refractivity contribution in [2.45, 2.75) is 13.8 Å². The molecule has 0 bridgehead atoms. The van der Waals surface area contributed by atoms with Crippen LogP contribution in [-0.2, 0) is 4.74 Å². The average molecular weight is 240 g/mol. The van der Waals surface area contributed by atoms with E-state index in [4.69, 9.17) is 4.74 Å². The fourth-order valence-electron chi connectivity index (χ4n) is 2.00. The minimum Gasteiger partial charge on any atom is -0.462 e. The maximum Gasteiger partial charge on any atom is 0.338 e. The van der Waals surface area contributed by atoms with Gasteiger partial charge in [0.1, 0.15) is 0 Å². The standard InChI is InChI=1S/C16H16O2/c1-3-18-16(17)15-11-7-10-14(12(15)2)13-8-5-4-6-9-13/h4-11H,3H2,1-2H3. The van der Waals surface area contributed by atoms with E-state index < -0.39 is 0 Å². The summed E-state index contributed by atoms with van der Waals surface area (Å²) in [5, 5.41) is 0. The molecule has 92 valence electrons. The summed E-state index contributed by atoms with van der Waals surface area (Å²) in [4.78, 5) is 11.8. The topological polar surface area (TPSA) is 26.3 Å². The van der Waals surface area contributed by atoms with Gasteiger partial charge in [-0.2, -0.15) is 0 Å². The van der Waals surface area contributed by atoms with Crippen LogP contribution in [0.25, 0.3) is 11.1 Å². The molecule has 2 aromatic rings. The van der Waals surface area contributed by atoms with Gasteiger partial charge in [0.15, 0.2) is 0 Å². The molecule has 0 radical (unpaired) electrons. The first-order valence-corrected chi connectivity index (χ1v) is 6.06. The third-order valence-corrected chi connectivity index (χ3v) is 2.91. The van der Waals surface area contributed by atoms with Crippen molar-refractivity contribution >= 4 is 5.97 Å². The van der Waals surface area contributed by atoms with E-state index in [1.54, 1.807) is 6.07 Å². The number of benzene rings is 2. The monoisotopic (exact) mass is 240 g/mol. The van der Waals surface area contributed by atoms with Crippen LogP contribution in [-0.4, -0.2) is 12.6 Å². The van der Waals surface area contributed by atoms with E-state index in [-0.39, 0.29) is 5.97 Å². The highest BCUT2D eigenvalue weighted by Crippen LogP contribution is 2.25. The van der Waals surface area contributed by atoms with Crippen LogP contribution in [0.2, 0.25) is 0 Å². The summed E-state index contributed by atoms with van der Waals surface area (Å²) in [5.74, 6) is -0.257. The van der Waals surface area contributed by atoms with E-state index >= 15 is 0 Å². The summed E-state index contributed by atoms with van der Waals surface area (Å²) >= 11 is 0. The van der Waals surface area contributed by atoms with Crippen LogP contribution < -0.4 is 0 Å². The third-order valence-electron chi connectivity index (χ3n) is 2.91. The van der Waals surface area contributed by atoms with E-state index in [0.717, 1.165) is 16.7 Å². The first-order valence-electron chi connectivity index (χ1n) is 6.06. The van der Waals surface area contributed by atoms with Gasteiger partial charge >= 0.3 is 5.97 Å². The number of esters is 1. The molecule has 0 atom stereocenters. The molecular formula is C16H16O2. The van der Waals surface area contributed by atoms with Crippen LogP contribution in [0.15, 0.2) is 48.5 Å². The second kappa shape index (κ2) is 5.50. The predicted molar refractivity (Wildman–Crippen MR) is 72.6 cm³/mol. The SMILES string of the molecule is CCOC(=O)c1cccc(-c2ccccc2)c1C. The largest absolute Gasteiger partial charge is 0.462 e. The summed E-state index contributed by atoms with van der Waals surface area (Å²) in [7, 11) is 0. The van der Waals surface area contributed by atoms with Gasteiger partial charge in [-0.05, 0) is 36.6 Å². The van der Waals surface area contributed by atoms with Crippen molar-refractivity contribution in [1.82, 2.24) is 0 Å². The molecule has 0 aromatic heterocycles. The van der Waals surface area contributed by atoms with Gasteiger partial charge < -0.3 is 4.74 Å². The van der Waals surface area contributed by atoms with Gasteiger partial charge in [0.2, 0.25) is 0 Å². The van der Waals surface area contributed by atoms with Crippen LogP contribution in [0.4, 0.5) is 0 Å². The molecule has 0 fully saturated rings. The average Bonchev–Trinajstić information content (AvgIpc) is 2.40. The molecule has 0 spiro atoms. The quantitative estimate of drug-likeness (QED) is 0.762. The maximum atomic E-state index is 11.8. The minimum absolute atomic E-state index is 0.257. The summed E-state index contributed by atoms with van der Waals surface area (Å²) in [5.41, 5.74) is 3.78. The second-order valence-corrected chi connectivity index (χ2v) is 4.06. The molecule has 0 N–H and O–H groups in total. The van der Waals surface area contributed by atoms with Crippen LogP contribution >= 0.6 is 0 Å². The highest BCUT2D eigenvalue weighted by molar-refractivity contribution is 5.93. The van der Waals surface area contributed by atoms with Gasteiger partial charge in [-0.15, -0.1) is 0 Å². The lowest BCUT2D eigenvalue weighted by Crippen LogP contribution is -2.07. The maximum absolute atomic E-state index is 11.8. The van der Waals surface area contributed by atoms with Crippen molar-refractivity contribution in [1.29, 1.82) is 0 Å². The fraction of sp³-hybridized carbons (Fsp3) is 0.188. The van der Waals surface area contributed by atoms with E-state index in [1.807, 2.05) is 56.3 Å². The summed E-state index contributed by atoms with van der Waals surface area (Å²) in [6.07, 6.45) is 0. The molecule has 0 unspecified atom stereocenters. The lowest BCUT2D eigenvalue weighted by molar-refractivity contribution is 0.0525. The molecule has 0 heterocycles. The smallest absolute Gasteiger partial charge is 0.338 e. The number of hydrogen-bond acceptors (Lipinski definition) is 2. The lowest BCUT2D eigenvalue weighted by Gasteiger charge is -2.10. The molecule has 2 heteroatoms. The number of rotatable bonds is 3. The first kappa shape index (κ1) is 12.4. The highest BCUT2D eigenvalue weighted by atomic mass is 16.5. The molecular weight excluding hydrogens is 224 g/mol. The fourth-order valence-corrected chi connectivity index (χ4v) is 2.00. The van der Waals surface area contributed by atoms with E-state index in [9.17, 15) is 4.79 Å². The van der Waals surface area contributed by atoms with Crippen molar-refractivity contribution < 1.29 is 9.53 Å². The van der Waals surface area contributed by atoms with Crippen molar-refractivity contribution in [3.05, 3.63) is 59.7 Å². The van der Waals surface area contributed by atoms with Gasteiger partial charge in [-0.1, -0.05) is 42.5 Å².